The number of phosphoric acid groups is 1. The predicted octanol–water partition coefficient (Wildman–Crippen LogP) is 18.5. The highest BCUT2D eigenvalue weighted by atomic mass is 31.2. The van der Waals surface area contributed by atoms with Crippen molar-refractivity contribution in [2.45, 2.75) is 238 Å². The SMILES string of the molecule is CC/C=C\C/C=C\C/C=C\C/C=C\C/C=C\C/C=C\CCCCCCCCCOCC(COP(=O)(O)OCC[N+](C)(C)C)OC(=O)CCCCCCCCCCCCC/C=C\C/C=C\CCCCCCC. The third-order valence-corrected chi connectivity index (χ3v) is 13.1. The third kappa shape index (κ3) is 58.2. The van der Waals surface area contributed by atoms with Crippen LogP contribution >= 0.6 is 7.82 Å². The number of carbonyl (C=O) groups is 1. The molecule has 71 heavy (non-hydrogen) atoms. The highest BCUT2D eigenvalue weighted by Crippen LogP contribution is 2.43. The average Bonchev–Trinajstić information content (AvgIpc) is 3.33. The van der Waals surface area contributed by atoms with Crippen LogP contribution in [0.3, 0.4) is 0 Å². The van der Waals surface area contributed by atoms with Crippen molar-refractivity contribution in [1.29, 1.82) is 0 Å². The topological polar surface area (TPSA) is 91.3 Å². The molecule has 0 aromatic carbocycles. The molecule has 0 rings (SSSR count). The van der Waals surface area contributed by atoms with Gasteiger partial charge in [0.15, 0.2) is 0 Å². The summed E-state index contributed by atoms with van der Waals surface area (Å²) in [5, 5.41) is 0. The Labute approximate surface area is 438 Å². The highest BCUT2D eigenvalue weighted by Gasteiger charge is 2.26. The van der Waals surface area contributed by atoms with Gasteiger partial charge in [-0.2, -0.15) is 0 Å². The Morgan fingerprint density at radius 1 is 0.451 bits per heavy atom. The lowest BCUT2D eigenvalue weighted by Crippen LogP contribution is -2.37. The van der Waals surface area contributed by atoms with E-state index in [1.165, 1.54) is 128 Å². The molecule has 0 amide bonds. The lowest BCUT2D eigenvalue weighted by Gasteiger charge is -2.24. The van der Waals surface area contributed by atoms with E-state index in [9.17, 15) is 14.3 Å². The van der Waals surface area contributed by atoms with Crippen molar-refractivity contribution in [2.75, 3.05) is 54.1 Å². The van der Waals surface area contributed by atoms with E-state index in [1.54, 1.807) is 0 Å². The Kier molecular flexibility index (Phi) is 51.8. The molecule has 410 valence electrons. The zero-order valence-corrected chi connectivity index (χ0v) is 47.6. The van der Waals surface area contributed by atoms with Gasteiger partial charge >= 0.3 is 13.8 Å². The highest BCUT2D eigenvalue weighted by molar-refractivity contribution is 7.47. The first kappa shape index (κ1) is 68.4. The van der Waals surface area contributed by atoms with Crippen molar-refractivity contribution >= 4 is 13.8 Å². The molecule has 0 saturated carbocycles. The molecule has 8 nitrogen and oxygen atoms in total. The van der Waals surface area contributed by atoms with Gasteiger partial charge in [0.05, 0.1) is 34.4 Å². The maximum absolute atomic E-state index is 12.8. The lowest BCUT2D eigenvalue weighted by atomic mass is 10.0. The number of likely N-dealkylation sites (N-methyl/N-ethyl adjacent to an activating group) is 1. The van der Waals surface area contributed by atoms with Crippen molar-refractivity contribution in [3.05, 3.63) is 97.2 Å². The van der Waals surface area contributed by atoms with Crippen LogP contribution in [0.25, 0.3) is 0 Å². The molecule has 0 heterocycles. The van der Waals surface area contributed by atoms with E-state index >= 15 is 0 Å². The molecule has 0 spiro atoms. The molecule has 0 fully saturated rings. The second-order valence-electron chi connectivity index (χ2n) is 20.3. The number of hydrogen-bond acceptors (Lipinski definition) is 6. The number of hydrogen-bond donors (Lipinski definition) is 1. The number of ether oxygens (including phenoxy) is 2. The van der Waals surface area contributed by atoms with Crippen molar-refractivity contribution in [3.8, 4) is 0 Å². The van der Waals surface area contributed by atoms with Gasteiger partial charge in [0.2, 0.25) is 0 Å². The first-order valence-corrected chi connectivity index (χ1v) is 30.5. The number of unbranched alkanes of at least 4 members (excludes halogenated alkanes) is 23. The monoisotopic (exact) mass is 1010 g/mol. The number of nitrogens with zero attached hydrogens (tertiary/aromatic N) is 1. The summed E-state index contributed by atoms with van der Waals surface area (Å²) in [6.45, 7) is 5.47. The van der Waals surface area contributed by atoms with Crippen LogP contribution in [-0.4, -0.2) is 75.6 Å². The van der Waals surface area contributed by atoms with E-state index in [-0.39, 0.29) is 25.8 Å². The van der Waals surface area contributed by atoms with E-state index in [4.69, 9.17) is 18.5 Å². The van der Waals surface area contributed by atoms with Gasteiger partial charge in [0.1, 0.15) is 19.3 Å². The number of rotatable bonds is 53. The van der Waals surface area contributed by atoms with E-state index < -0.39 is 13.9 Å². The summed E-state index contributed by atoms with van der Waals surface area (Å²) in [7, 11) is 1.65. The minimum absolute atomic E-state index is 0.0811. The fourth-order valence-electron chi connectivity index (χ4n) is 7.71. The smallest absolute Gasteiger partial charge is 0.457 e. The first-order chi connectivity index (χ1) is 34.6. The molecule has 0 aromatic rings. The Morgan fingerprint density at radius 3 is 1.23 bits per heavy atom. The molecular weight excluding hydrogens is 902 g/mol. The van der Waals surface area contributed by atoms with Crippen LogP contribution in [0.15, 0.2) is 97.2 Å². The maximum atomic E-state index is 12.8. The summed E-state index contributed by atoms with van der Waals surface area (Å²) in [5.74, 6) is -0.322. The predicted molar refractivity (Wildman–Crippen MR) is 307 cm³/mol. The summed E-state index contributed by atoms with van der Waals surface area (Å²) in [5.41, 5.74) is 0. The summed E-state index contributed by atoms with van der Waals surface area (Å²) < 4.78 is 35.3. The normalized spacial score (nSPS) is 14.2. The van der Waals surface area contributed by atoms with Crippen LogP contribution in [0.4, 0.5) is 0 Å². The fraction of sp³-hybridized carbons (Fsp3) is 0.726. The van der Waals surface area contributed by atoms with Crippen molar-refractivity contribution in [1.82, 2.24) is 0 Å². The molecular formula is C62H111NO7P+. The molecule has 2 atom stereocenters. The minimum atomic E-state index is -4.30. The van der Waals surface area contributed by atoms with E-state index in [1.807, 2.05) is 21.1 Å². The fourth-order valence-corrected chi connectivity index (χ4v) is 8.45. The van der Waals surface area contributed by atoms with Crippen molar-refractivity contribution in [2.24, 2.45) is 0 Å². The largest absolute Gasteiger partial charge is 0.472 e. The Balaban J connectivity index is 4.14. The van der Waals surface area contributed by atoms with Gasteiger partial charge in [-0.15, -0.1) is 0 Å². The van der Waals surface area contributed by atoms with Crippen LogP contribution in [0.1, 0.15) is 232 Å². The Hall–Kier alpha value is -2.58. The van der Waals surface area contributed by atoms with Gasteiger partial charge in [0.25, 0.3) is 0 Å². The number of carbonyl (C=O) groups excluding carboxylic acids is 1. The molecule has 0 aliphatic carbocycles. The van der Waals surface area contributed by atoms with E-state index in [0.29, 0.717) is 24.1 Å². The standard InChI is InChI=1S/C62H110NO7P/c1-6-8-10-12-14-16-18-20-22-24-26-28-30-31-32-34-36-38-40-42-44-46-48-50-52-54-57-67-59-61(60-69-71(65,66)68-58-56-63(3,4)5)70-62(64)55-53-51-49-47-45-43-41-39-37-35-33-29-27-25-23-21-19-17-15-13-11-9-7-2/h8,10,14,16,19-22,25-28,31-32,36,38,61H,6-7,9,11-13,15,17-18,23-24,29-30,33-35,37,39-60H2,1-5H3/p+1/b10-8-,16-14-,21-19-,22-20-,27-25-,28-26-,32-31-,38-36-. The van der Waals surface area contributed by atoms with E-state index in [0.717, 1.165) is 83.5 Å². The lowest BCUT2D eigenvalue weighted by molar-refractivity contribution is -0.870. The molecule has 0 saturated heterocycles. The molecule has 0 aromatic heterocycles. The van der Waals surface area contributed by atoms with Gasteiger partial charge in [-0.1, -0.05) is 227 Å². The van der Waals surface area contributed by atoms with Crippen molar-refractivity contribution < 1.29 is 37.3 Å². The number of phosphoric ester groups is 1. The number of quaternary nitrogens is 1. The van der Waals surface area contributed by atoms with Crippen LogP contribution in [0.5, 0.6) is 0 Å². The van der Waals surface area contributed by atoms with E-state index in [2.05, 4.69) is 111 Å². The van der Waals surface area contributed by atoms with Crippen molar-refractivity contribution in [3.63, 3.8) is 0 Å². The summed E-state index contributed by atoms with van der Waals surface area (Å²) in [6.07, 6.45) is 74.7. The Morgan fingerprint density at radius 2 is 0.817 bits per heavy atom. The van der Waals surface area contributed by atoms with Crippen LogP contribution in [0, 0.1) is 0 Å². The molecule has 1 N–H and O–H groups in total. The molecule has 0 aliphatic heterocycles. The summed E-state index contributed by atoms with van der Waals surface area (Å²) in [6, 6.07) is 0. The Bertz CT molecular complexity index is 1460. The zero-order valence-electron chi connectivity index (χ0n) is 46.7. The van der Waals surface area contributed by atoms with Crippen LogP contribution in [-0.2, 0) is 27.9 Å². The minimum Gasteiger partial charge on any atom is -0.457 e. The number of allylic oxidation sites excluding steroid dienone is 16. The molecule has 0 radical (unpaired) electrons. The maximum Gasteiger partial charge on any atom is 0.472 e. The number of esters is 1. The average molecular weight is 1010 g/mol. The quantitative estimate of drug-likeness (QED) is 0.0213. The molecule has 2 unspecified atom stereocenters. The van der Waals surface area contributed by atoms with Crippen LogP contribution in [0.2, 0.25) is 0 Å². The van der Waals surface area contributed by atoms with Gasteiger partial charge < -0.3 is 18.9 Å². The second kappa shape index (κ2) is 53.7. The molecule has 0 aliphatic rings. The van der Waals surface area contributed by atoms with Gasteiger partial charge in [0, 0.05) is 13.0 Å². The first-order valence-electron chi connectivity index (χ1n) is 29.0. The summed E-state index contributed by atoms with van der Waals surface area (Å²) >= 11 is 0. The molecule has 9 heteroatoms. The zero-order chi connectivity index (χ0) is 51.9. The van der Waals surface area contributed by atoms with Gasteiger partial charge in [-0.05, 0) is 96.3 Å². The van der Waals surface area contributed by atoms with Gasteiger partial charge in [-0.3, -0.25) is 13.8 Å². The third-order valence-electron chi connectivity index (χ3n) is 12.1. The molecule has 0 bridgehead atoms. The van der Waals surface area contributed by atoms with Gasteiger partial charge in [-0.25, -0.2) is 4.57 Å². The van der Waals surface area contributed by atoms with Crippen LogP contribution < -0.4 is 0 Å². The summed E-state index contributed by atoms with van der Waals surface area (Å²) in [4.78, 5) is 23.1. The second-order valence-corrected chi connectivity index (χ2v) is 21.7.